The van der Waals surface area contributed by atoms with Crippen LogP contribution >= 0.6 is 0 Å². The lowest BCUT2D eigenvalue weighted by atomic mass is 10.0. The first-order valence-corrected chi connectivity index (χ1v) is 5.57. The first kappa shape index (κ1) is 15.5. The van der Waals surface area contributed by atoms with Gasteiger partial charge in [0, 0.05) is 6.04 Å². The number of hydrogen-bond acceptors (Lipinski definition) is 2. The van der Waals surface area contributed by atoms with E-state index < -0.39 is 12.5 Å². The van der Waals surface area contributed by atoms with Gasteiger partial charge in [0.15, 0.2) is 0 Å². The molecule has 0 fully saturated rings. The molecule has 0 aliphatic heterocycles. The summed E-state index contributed by atoms with van der Waals surface area (Å²) in [6.07, 6.45) is -7.83. The number of alkyl halides is 4. The molecular formula is C13H15F4NO. The van der Waals surface area contributed by atoms with Gasteiger partial charge in [0.2, 0.25) is 0 Å². The number of rotatable bonds is 6. The van der Waals surface area contributed by atoms with Crippen LogP contribution in [0, 0.1) is 0 Å². The van der Waals surface area contributed by atoms with E-state index in [1.165, 1.54) is 24.3 Å². The van der Waals surface area contributed by atoms with Crippen molar-refractivity contribution < 1.29 is 22.3 Å². The summed E-state index contributed by atoms with van der Waals surface area (Å²) < 4.78 is 53.1. The Bertz CT molecular complexity index is 431. The average molecular weight is 277 g/mol. The number of halogens is 4. The van der Waals surface area contributed by atoms with Crippen molar-refractivity contribution in [2.24, 2.45) is 5.73 Å². The van der Waals surface area contributed by atoms with Gasteiger partial charge in [0.1, 0.15) is 5.75 Å². The summed E-state index contributed by atoms with van der Waals surface area (Å²) in [6.45, 7) is 5.54. The van der Waals surface area contributed by atoms with Crippen molar-refractivity contribution in [1.82, 2.24) is 0 Å². The third-order valence-corrected chi connectivity index (χ3v) is 2.38. The van der Waals surface area contributed by atoms with Gasteiger partial charge < -0.3 is 10.5 Å². The molecule has 2 N–H and O–H groups in total. The Kier molecular flexibility index (Phi) is 4.94. The van der Waals surface area contributed by atoms with Gasteiger partial charge in [-0.15, -0.1) is 6.58 Å². The summed E-state index contributed by atoms with van der Waals surface area (Å²) in [5.74, 6) is -0.337. The third kappa shape index (κ3) is 4.55. The molecule has 0 aromatic heterocycles. The second kappa shape index (κ2) is 6.06. The maximum absolute atomic E-state index is 12.7. The van der Waals surface area contributed by atoms with E-state index in [-0.39, 0.29) is 11.8 Å². The molecule has 0 amide bonds. The highest BCUT2D eigenvalue weighted by Crippen LogP contribution is 2.28. The molecule has 0 radical (unpaired) electrons. The van der Waals surface area contributed by atoms with E-state index in [1.807, 2.05) is 6.92 Å². The maximum Gasteiger partial charge on any atom is 0.461 e. The summed E-state index contributed by atoms with van der Waals surface area (Å²) in [5, 5.41) is 0. The molecular weight excluding hydrogens is 262 g/mol. The molecule has 1 aromatic carbocycles. The Morgan fingerprint density at radius 1 is 1.32 bits per heavy atom. The maximum atomic E-state index is 12.7. The van der Waals surface area contributed by atoms with Crippen molar-refractivity contribution in [2.75, 3.05) is 0 Å². The fourth-order valence-corrected chi connectivity index (χ4v) is 1.48. The van der Waals surface area contributed by atoms with Gasteiger partial charge in [0.05, 0.1) is 0 Å². The highest BCUT2D eigenvalue weighted by Gasteiger charge is 2.43. The minimum absolute atomic E-state index is 0.317. The second-order valence-corrected chi connectivity index (χ2v) is 4.30. The fourth-order valence-electron chi connectivity index (χ4n) is 1.48. The standard InChI is InChI=1S/C13H15F4NO/c1-8(2)7-11(18)9-3-5-10(6-4-9)19-13(16,17)12(14)15/h3-6,11-12H,1,7,18H2,2H3/t11-/m0/s1. The topological polar surface area (TPSA) is 35.2 Å². The van der Waals surface area contributed by atoms with Gasteiger partial charge in [-0.25, -0.2) is 0 Å². The SMILES string of the molecule is C=C(C)C[C@H](N)c1ccc(OC(F)(F)C(F)F)cc1. The molecule has 0 heterocycles. The molecule has 0 saturated carbocycles. The molecule has 0 spiro atoms. The van der Waals surface area contributed by atoms with E-state index in [9.17, 15) is 17.6 Å². The van der Waals surface area contributed by atoms with Crippen LogP contribution in [0.2, 0.25) is 0 Å². The Labute approximate surface area is 108 Å². The van der Waals surface area contributed by atoms with Crippen LogP contribution < -0.4 is 10.5 Å². The minimum atomic E-state index is -4.50. The molecule has 1 aromatic rings. The Hall–Kier alpha value is -1.56. The number of nitrogens with two attached hydrogens (primary N) is 1. The lowest BCUT2D eigenvalue weighted by Crippen LogP contribution is -2.33. The largest absolute Gasteiger partial charge is 0.461 e. The quantitative estimate of drug-likeness (QED) is 0.632. The van der Waals surface area contributed by atoms with Crippen LogP contribution in [0.25, 0.3) is 0 Å². The molecule has 1 rings (SSSR count). The van der Waals surface area contributed by atoms with Crippen molar-refractivity contribution in [1.29, 1.82) is 0 Å². The molecule has 6 heteroatoms. The van der Waals surface area contributed by atoms with E-state index in [1.54, 1.807) is 0 Å². The molecule has 0 aliphatic carbocycles. The molecule has 1 atom stereocenters. The second-order valence-electron chi connectivity index (χ2n) is 4.30. The summed E-state index contributed by atoms with van der Waals surface area (Å²) in [4.78, 5) is 0. The predicted molar refractivity (Wildman–Crippen MR) is 64.4 cm³/mol. The lowest BCUT2D eigenvalue weighted by Gasteiger charge is -2.17. The van der Waals surface area contributed by atoms with Crippen molar-refractivity contribution in [3.8, 4) is 5.75 Å². The van der Waals surface area contributed by atoms with Gasteiger partial charge >= 0.3 is 12.5 Å². The average Bonchev–Trinajstić information content (AvgIpc) is 2.28. The normalized spacial score (nSPS) is 13.4. The molecule has 0 unspecified atom stereocenters. The minimum Gasteiger partial charge on any atom is -0.428 e. The van der Waals surface area contributed by atoms with Crippen molar-refractivity contribution in [3.63, 3.8) is 0 Å². The lowest BCUT2D eigenvalue weighted by molar-refractivity contribution is -0.253. The smallest absolute Gasteiger partial charge is 0.428 e. The van der Waals surface area contributed by atoms with Crippen molar-refractivity contribution in [3.05, 3.63) is 42.0 Å². The van der Waals surface area contributed by atoms with Crippen LogP contribution in [0.3, 0.4) is 0 Å². The summed E-state index contributed by atoms with van der Waals surface area (Å²) in [7, 11) is 0. The zero-order valence-corrected chi connectivity index (χ0v) is 10.4. The van der Waals surface area contributed by atoms with Crippen molar-refractivity contribution >= 4 is 0 Å². The van der Waals surface area contributed by atoms with Gasteiger partial charge in [-0.2, -0.15) is 17.6 Å². The number of ether oxygens (including phenoxy) is 1. The van der Waals surface area contributed by atoms with Gasteiger partial charge in [-0.3, -0.25) is 0 Å². The Morgan fingerprint density at radius 3 is 2.26 bits per heavy atom. The van der Waals surface area contributed by atoms with Gasteiger partial charge in [-0.05, 0) is 31.0 Å². The highest BCUT2D eigenvalue weighted by atomic mass is 19.3. The van der Waals surface area contributed by atoms with Crippen LogP contribution in [0.15, 0.2) is 36.4 Å². The first-order valence-electron chi connectivity index (χ1n) is 5.57. The van der Waals surface area contributed by atoms with E-state index in [4.69, 9.17) is 5.73 Å². The van der Waals surface area contributed by atoms with Crippen molar-refractivity contribution in [2.45, 2.75) is 31.9 Å². The van der Waals surface area contributed by atoms with E-state index in [0.717, 1.165) is 5.57 Å². The Morgan fingerprint density at radius 2 is 1.84 bits per heavy atom. The summed E-state index contributed by atoms with van der Waals surface area (Å²) in [6, 6.07) is 4.98. The van der Waals surface area contributed by atoms with Crippen LogP contribution in [-0.2, 0) is 0 Å². The zero-order chi connectivity index (χ0) is 14.6. The fraction of sp³-hybridized carbons (Fsp3) is 0.385. The van der Waals surface area contributed by atoms with Gasteiger partial charge in [0.25, 0.3) is 0 Å². The summed E-state index contributed by atoms with van der Waals surface area (Å²) in [5.41, 5.74) is 7.43. The predicted octanol–water partition coefficient (Wildman–Crippen LogP) is 3.89. The van der Waals surface area contributed by atoms with E-state index in [2.05, 4.69) is 11.3 Å². The Balaban J connectivity index is 2.74. The van der Waals surface area contributed by atoms with Crippen LogP contribution in [-0.4, -0.2) is 12.5 Å². The molecule has 0 saturated heterocycles. The van der Waals surface area contributed by atoms with Crippen LogP contribution in [0.4, 0.5) is 17.6 Å². The third-order valence-electron chi connectivity index (χ3n) is 2.38. The zero-order valence-electron chi connectivity index (χ0n) is 10.4. The molecule has 106 valence electrons. The highest BCUT2D eigenvalue weighted by molar-refractivity contribution is 5.29. The first-order chi connectivity index (χ1) is 8.72. The van der Waals surface area contributed by atoms with E-state index in [0.29, 0.717) is 12.0 Å². The van der Waals surface area contributed by atoms with Crippen LogP contribution in [0.5, 0.6) is 5.75 Å². The summed E-state index contributed by atoms with van der Waals surface area (Å²) >= 11 is 0. The van der Waals surface area contributed by atoms with Gasteiger partial charge in [-0.1, -0.05) is 17.7 Å². The molecule has 0 aliphatic rings. The molecule has 2 nitrogen and oxygen atoms in total. The number of benzene rings is 1. The molecule has 0 bridgehead atoms. The van der Waals surface area contributed by atoms with E-state index >= 15 is 0 Å². The van der Waals surface area contributed by atoms with Crippen LogP contribution in [0.1, 0.15) is 24.9 Å². The number of hydrogen-bond donors (Lipinski definition) is 1. The monoisotopic (exact) mass is 277 g/mol. The molecule has 19 heavy (non-hydrogen) atoms.